The van der Waals surface area contributed by atoms with Crippen molar-refractivity contribution in [3.63, 3.8) is 0 Å². The minimum atomic E-state index is -4.49. The number of carbonyl (C=O) groups excluding carboxylic acids is 1. The van der Waals surface area contributed by atoms with Gasteiger partial charge in [0, 0.05) is 24.7 Å². The van der Waals surface area contributed by atoms with Gasteiger partial charge in [-0.15, -0.1) is 0 Å². The van der Waals surface area contributed by atoms with E-state index in [0.717, 1.165) is 22.9 Å². The first kappa shape index (κ1) is 24.0. The van der Waals surface area contributed by atoms with Crippen molar-refractivity contribution in [1.82, 2.24) is 19.4 Å². The Bertz CT molecular complexity index is 1670. The van der Waals surface area contributed by atoms with Crippen molar-refractivity contribution >= 4 is 22.3 Å². The fourth-order valence-corrected chi connectivity index (χ4v) is 5.19. The van der Waals surface area contributed by atoms with E-state index in [-0.39, 0.29) is 18.2 Å². The standard InChI is InChI=1S/C28H23F3N4O3/c1-16-25(17(2)38-33-16)27-26-22(32-23-14-20(28(29,30)31)9-11-34(23)26)10-12-35(27)24(36)15-37-21-8-7-18-5-3-4-6-19(18)13-21/h3-9,11,13-14,27H,10,12,15H2,1-2H3. The van der Waals surface area contributed by atoms with Crippen molar-refractivity contribution in [2.75, 3.05) is 13.2 Å². The van der Waals surface area contributed by atoms with Crippen LogP contribution in [0.3, 0.4) is 0 Å². The summed E-state index contributed by atoms with van der Waals surface area (Å²) in [7, 11) is 0. The van der Waals surface area contributed by atoms with Crippen LogP contribution < -0.4 is 4.74 Å². The fourth-order valence-electron chi connectivity index (χ4n) is 5.19. The predicted octanol–water partition coefficient (Wildman–Crippen LogP) is 5.66. The van der Waals surface area contributed by atoms with E-state index in [1.807, 2.05) is 42.5 Å². The van der Waals surface area contributed by atoms with Gasteiger partial charge in [-0.05, 0) is 48.9 Å². The van der Waals surface area contributed by atoms with Crippen molar-refractivity contribution in [2.45, 2.75) is 32.5 Å². The van der Waals surface area contributed by atoms with Gasteiger partial charge in [-0.2, -0.15) is 13.2 Å². The zero-order valence-corrected chi connectivity index (χ0v) is 20.6. The lowest BCUT2D eigenvalue weighted by molar-refractivity contribution is -0.137. The summed E-state index contributed by atoms with van der Waals surface area (Å²) in [6.45, 7) is 3.64. The van der Waals surface area contributed by atoms with E-state index in [1.165, 1.54) is 6.20 Å². The first-order valence-corrected chi connectivity index (χ1v) is 12.1. The molecule has 0 radical (unpaired) electrons. The van der Waals surface area contributed by atoms with Crippen LogP contribution in [0, 0.1) is 13.8 Å². The van der Waals surface area contributed by atoms with Gasteiger partial charge in [0.05, 0.1) is 22.6 Å². The minimum Gasteiger partial charge on any atom is -0.484 e. The molecule has 6 rings (SSSR count). The Kier molecular flexibility index (Phi) is 5.62. The Hall–Kier alpha value is -4.34. The van der Waals surface area contributed by atoms with Crippen LogP contribution in [0.2, 0.25) is 0 Å². The van der Waals surface area contributed by atoms with E-state index >= 15 is 0 Å². The maximum atomic E-state index is 13.6. The number of rotatable bonds is 4. The maximum absolute atomic E-state index is 13.6. The van der Waals surface area contributed by atoms with E-state index in [0.29, 0.717) is 47.1 Å². The van der Waals surface area contributed by atoms with Crippen molar-refractivity contribution in [3.05, 3.63) is 94.8 Å². The first-order valence-electron chi connectivity index (χ1n) is 12.1. The summed E-state index contributed by atoms with van der Waals surface area (Å²) in [6, 6.07) is 14.9. The topological polar surface area (TPSA) is 72.9 Å². The molecule has 1 unspecified atom stereocenters. The van der Waals surface area contributed by atoms with Crippen LogP contribution in [0.25, 0.3) is 16.4 Å². The third kappa shape index (κ3) is 4.06. The Balaban J connectivity index is 1.37. The molecule has 1 amide bonds. The quantitative estimate of drug-likeness (QED) is 0.306. The van der Waals surface area contributed by atoms with E-state index in [4.69, 9.17) is 9.26 Å². The van der Waals surface area contributed by atoms with Gasteiger partial charge in [0.25, 0.3) is 5.91 Å². The third-order valence-electron chi connectivity index (χ3n) is 6.99. The number of nitrogens with zero attached hydrogens (tertiary/aromatic N) is 4. The molecule has 4 heterocycles. The van der Waals surface area contributed by atoms with Gasteiger partial charge in [-0.25, -0.2) is 4.98 Å². The molecule has 1 atom stereocenters. The number of ether oxygens (including phenoxy) is 1. The average molecular weight is 521 g/mol. The molecule has 194 valence electrons. The molecule has 3 aromatic heterocycles. The number of hydrogen-bond acceptors (Lipinski definition) is 5. The Morgan fingerprint density at radius 3 is 2.63 bits per heavy atom. The smallest absolute Gasteiger partial charge is 0.416 e. The molecule has 7 nitrogen and oxygen atoms in total. The van der Waals surface area contributed by atoms with Crippen molar-refractivity contribution in [3.8, 4) is 5.75 Å². The number of halogens is 3. The zero-order valence-electron chi connectivity index (χ0n) is 20.6. The Morgan fingerprint density at radius 1 is 1.11 bits per heavy atom. The summed E-state index contributed by atoms with van der Waals surface area (Å²) in [4.78, 5) is 19.8. The summed E-state index contributed by atoms with van der Waals surface area (Å²) in [5, 5.41) is 6.13. The van der Waals surface area contributed by atoms with Gasteiger partial charge >= 0.3 is 6.18 Å². The molecule has 1 aliphatic heterocycles. The molecular weight excluding hydrogens is 497 g/mol. The van der Waals surface area contributed by atoms with Crippen LogP contribution in [0.1, 0.15) is 40.0 Å². The van der Waals surface area contributed by atoms with Crippen LogP contribution >= 0.6 is 0 Å². The predicted molar refractivity (Wildman–Crippen MR) is 133 cm³/mol. The van der Waals surface area contributed by atoms with E-state index in [1.54, 1.807) is 23.1 Å². The molecule has 0 spiro atoms. The highest BCUT2D eigenvalue weighted by molar-refractivity contribution is 5.84. The lowest BCUT2D eigenvalue weighted by Gasteiger charge is -2.35. The Labute approximate surface area is 215 Å². The minimum absolute atomic E-state index is 0.170. The number of amides is 1. The third-order valence-corrected chi connectivity index (χ3v) is 6.99. The number of imidazole rings is 1. The number of fused-ring (bicyclic) bond motifs is 4. The number of carbonyl (C=O) groups is 1. The SMILES string of the molecule is Cc1noc(C)c1C1c2c(nc3cc(C(F)(F)F)ccn23)CCN1C(=O)COc1ccc2ccccc2c1. The summed E-state index contributed by atoms with van der Waals surface area (Å²) in [5.74, 6) is 0.823. The van der Waals surface area contributed by atoms with Gasteiger partial charge in [-0.1, -0.05) is 35.5 Å². The molecule has 5 aromatic rings. The molecule has 0 saturated carbocycles. The number of hydrogen-bond donors (Lipinski definition) is 0. The number of benzene rings is 2. The van der Waals surface area contributed by atoms with Crippen molar-refractivity contribution in [2.24, 2.45) is 0 Å². The molecule has 0 saturated heterocycles. The fraction of sp³-hybridized carbons (Fsp3) is 0.250. The normalized spacial score (nSPS) is 15.7. The monoisotopic (exact) mass is 520 g/mol. The largest absolute Gasteiger partial charge is 0.484 e. The highest BCUT2D eigenvalue weighted by Gasteiger charge is 2.39. The molecule has 2 aromatic carbocycles. The number of pyridine rings is 1. The van der Waals surface area contributed by atoms with Gasteiger partial charge in [0.15, 0.2) is 6.61 Å². The molecule has 0 N–H and O–H groups in total. The summed E-state index contributed by atoms with van der Waals surface area (Å²) in [5.41, 5.74) is 1.92. The number of aromatic nitrogens is 3. The Morgan fingerprint density at radius 2 is 1.89 bits per heavy atom. The van der Waals surface area contributed by atoms with E-state index in [2.05, 4.69) is 10.1 Å². The lowest BCUT2D eigenvalue weighted by Crippen LogP contribution is -2.43. The first-order chi connectivity index (χ1) is 18.2. The molecule has 0 bridgehead atoms. The lowest BCUT2D eigenvalue weighted by atomic mass is 9.94. The number of aryl methyl sites for hydroxylation is 2. The molecule has 10 heteroatoms. The summed E-state index contributed by atoms with van der Waals surface area (Å²) < 4.78 is 53.0. The van der Waals surface area contributed by atoms with Crippen molar-refractivity contribution < 1.29 is 27.2 Å². The average Bonchev–Trinajstić information content (AvgIpc) is 3.44. The van der Waals surface area contributed by atoms with Crippen LogP contribution in [0.5, 0.6) is 5.75 Å². The second-order valence-corrected chi connectivity index (χ2v) is 9.36. The summed E-state index contributed by atoms with van der Waals surface area (Å²) in [6.07, 6.45) is -2.74. The van der Waals surface area contributed by atoms with Gasteiger partial charge in [0.1, 0.15) is 23.2 Å². The zero-order chi connectivity index (χ0) is 26.6. The molecule has 38 heavy (non-hydrogen) atoms. The van der Waals surface area contributed by atoms with Gasteiger partial charge in [0.2, 0.25) is 0 Å². The van der Waals surface area contributed by atoms with Crippen LogP contribution in [-0.4, -0.2) is 38.5 Å². The highest BCUT2D eigenvalue weighted by atomic mass is 19.4. The second-order valence-electron chi connectivity index (χ2n) is 9.36. The molecule has 0 fully saturated rings. The van der Waals surface area contributed by atoms with Gasteiger partial charge < -0.3 is 18.6 Å². The van der Waals surface area contributed by atoms with Crippen LogP contribution in [-0.2, 0) is 17.4 Å². The van der Waals surface area contributed by atoms with Crippen LogP contribution in [0.15, 0.2) is 65.3 Å². The highest BCUT2D eigenvalue weighted by Crippen LogP contribution is 2.39. The van der Waals surface area contributed by atoms with Crippen molar-refractivity contribution in [1.29, 1.82) is 0 Å². The second kappa shape index (κ2) is 8.90. The van der Waals surface area contributed by atoms with E-state index in [9.17, 15) is 18.0 Å². The van der Waals surface area contributed by atoms with Crippen LogP contribution in [0.4, 0.5) is 13.2 Å². The molecule has 0 aliphatic carbocycles. The van der Waals surface area contributed by atoms with E-state index < -0.39 is 17.8 Å². The van der Waals surface area contributed by atoms with Gasteiger partial charge in [-0.3, -0.25) is 4.79 Å². The molecular formula is C28H23F3N4O3. The number of alkyl halides is 3. The maximum Gasteiger partial charge on any atom is 0.416 e. The molecule has 1 aliphatic rings. The summed E-state index contributed by atoms with van der Waals surface area (Å²) >= 11 is 0.